The lowest BCUT2D eigenvalue weighted by Gasteiger charge is -2.24. The Labute approximate surface area is 92.8 Å². The quantitative estimate of drug-likeness (QED) is 0.702. The van der Waals surface area contributed by atoms with Crippen LogP contribution in [0.25, 0.3) is 0 Å². The molecule has 15 heavy (non-hydrogen) atoms. The molecular formula is C12H23NO2. The summed E-state index contributed by atoms with van der Waals surface area (Å²) < 4.78 is 11.1. The Morgan fingerprint density at radius 3 is 3.00 bits per heavy atom. The SMILES string of the molecule is CCCNC(COCC)C1=CCCCO1. The van der Waals surface area contributed by atoms with Crippen LogP contribution in [0.3, 0.4) is 0 Å². The second kappa shape index (κ2) is 7.71. The van der Waals surface area contributed by atoms with Crippen molar-refractivity contribution in [2.24, 2.45) is 0 Å². The predicted molar refractivity (Wildman–Crippen MR) is 61.8 cm³/mol. The van der Waals surface area contributed by atoms with E-state index in [1.54, 1.807) is 0 Å². The van der Waals surface area contributed by atoms with Crippen LogP contribution in [0.4, 0.5) is 0 Å². The minimum absolute atomic E-state index is 0.241. The van der Waals surface area contributed by atoms with E-state index < -0.39 is 0 Å². The van der Waals surface area contributed by atoms with Crippen molar-refractivity contribution < 1.29 is 9.47 Å². The summed E-state index contributed by atoms with van der Waals surface area (Å²) >= 11 is 0. The van der Waals surface area contributed by atoms with Gasteiger partial charge in [0.2, 0.25) is 0 Å². The van der Waals surface area contributed by atoms with Gasteiger partial charge in [0.25, 0.3) is 0 Å². The zero-order valence-corrected chi connectivity index (χ0v) is 9.92. The van der Waals surface area contributed by atoms with E-state index in [0.29, 0.717) is 6.61 Å². The van der Waals surface area contributed by atoms with Gasteiger partial charge in [0, 0.05) is 6.61 Å². The average Bonchev–Trinajstić information content (AvgIpc) is 2.30. The van der Waals surface area contributed by atoms with Crippen LogP contribution in [0.2, 0.25) is 0 Å². The molecular weight excluding hydrogens is 190 g/mol. The van der Waals surface area contributed by atoms with Gasteiger partial charge in [-0.3, -0.25) is 0 Å². The number of nitrogens with one attached hydrogen (secondary N) is 1. The van der Waals surface area contributed by atoms with Crippen LogP contribution in [-0.2, 0) is 9.47 Å². The van der Waals surface area contributed by atoms with Gasteiger partial charge in [-0.15, -0.1) is 0 Å². The number of allylic oxidation sites excluding steroid dienone is 1. The second-order valence-corrected chi connectivity index (χ2v) is 3.76. The zero-order valence-electron chi connectivity index (χ0n) is 9.92. The van der Waals surface area contributed by atoms with E-state index >= 15 is 0 Å². The summed E-state index contributed by atoms with van der Waals surface area (Å²) in [5.74, 6) is 1.07. The molecule has 1 aliphatic heterocycles. The van der Waals surface area contributed by atoms with Gasteiger partial charge in [0.15, 0.2) is 0 Å². The molecule has 0 amide bonds. The Morgan fingerprint density at radius 2 is 2.40 bits per heavy atom. The van der Waals surface area contributed by atoms with Gasteiger partial charge in [-0.05, 0) is 38.8 Å². The third-order valence-corrected chi connectivity index (χ3v) is 2.44. The summed E-state index contributed by atoms with van der Waals surface area (Å²) in [6.07, 6.45) is 5.59. The molecule has 1 N–H and O–H groups in total. The van der Waals surface area contributed by atoms with Crippen molar-refractivity contribution in [3.63, 3.8) is 0 Å². The Kier molecular flexibility index (Phi) is 6.44. The van der Waals surface area contributed by atoms with Gasteiger partial charge in [0.05, 0.1) is 19.3 Å². The number of hydrogen-bond donors (Lipinski definition) is 1. The first-order valence-corrected chi connectivity index (χ1v) is 6.02. The smallest absolute Gasteiger partial charge is 0.111 e. The van der Waals surface area contributed by atoms with Crippen LogP contribution in [0.1, 0.15) is 33.1 Å². The standard InChI is InChI=1S/C12H23NO2/c1-3-8-13-11(10-14-4-2)12-7-5-6-9-15-12/h7,11,13H,3-6,8-10H2,1-2H3. The highest BCUT2D eigenvalue weighted by atomic mass is 16.5. The van der Waals surface area contributed by atoms with Crippen molar-refractivity contribution in [2.45, 2.75) is 39.2 Å². The Hall–Kier alpha value is -0.540. The van der Waals surface area contributed by atoms with E-state index in [2.05, 4.69) is 18.3 Å². The summed E-state index contributed by atoms with van der Waals surface area (Å²) in [4.78, 5) is 0. The normalized spacial score (nSPS) is 18.1. The molecule has 1 rings (SSSR count). The molecule has 0 spiro atoms. The zero-order chi connectivity index (χ0) is 10.9. The molecule has 1 atom stereocenters. The van der Waals surface area contributed by atoms with Crippen LogP contribution in [0.15, 0.2) is 11.8 Å². The van der Waals surface area contributed by atoms with E-state index in [4.69, 9.17) is 9.47 Å². The fourth-order valence-corrected chi connectivity index (χ4v) is 1.62. The molecule has 0 aliphatic carbocycles. The summed E-state index contributed by atoms with van der Waals surface area (Å²) in [6, 6.07) is 0.241. The van der Waals surface area contributed by atoms with Crippen LogP contribution in [0, 0.1) is 0 Å². The molecule has 0 fully saturated rings. The van der Waals surface area contributed by atoms with Gasteiger partial charge in [-0.25, -0.2) is 0 Å². The number of ether oxygens (including phenoxy) is 2. The van der Waals surface area contributed by atoms with Crippen LogP contribution in [0.5, 0.6) is 0 Å². The van der Waals surface area contributed by atoms with Crippen LogP contribution in [-0.4, -0.2) is 32.4 Å². The van der Waals surface area contributed by atoms with E-state index in [1.165, 1.54) is 0 Å². The Bertz CT molecular complexity index is 184. The van der Waals surface area contributed by atoms with Crippen LogP contribution >= 0.6 is 0 Å². The predicted octanol–water partition coefficient (Wildman–Crippen LogP) is 2.09. The fourth-order valence-electron chi connectivity index (χ4n) is 1.62. The van der Waals surface area contributed by atoms with E-state index in [-0.39, 0.29) is 6.04 Å². The van der Waals surface area contributed by atoms with E-state index in [1.807, 2.05) is 6.92 Å². The third kappa shape index (κ3) is 4.67. The maximum Gasteiger partial charge on any atom is 0.111 e. The number of rotatable bonds is 7. The lowest BCUT2D eigenvalue weighted by atomic mass is 10.1. The van der Waals surface area contributed by atoms with Crippen molar-refractivity contribution in [3.8, 4) is 0 Å². The largest absolute Gasteiger partial charge is 0.497 e. The van der Waals surface area contributed by atoms with Crippen molar-refractivity contribution in [3.05, 3.63) is 11.8 Å². The highest BCUT2D eigenvalue weighted by Crippen LogP contribution is 2.14. The lowest BCUT2D eigenvalue weighted by Crippen LogP contribution is -2.37. The first-order valence-electron chi connectivity index (χ1n) is 6.02. The molecule has 0 bridgehead atoms. The molecule has 0 aromatic rings. The third-order valence-electron chi connectivity index (χ3n) is 2.44. The number of hydrogen-bond acceptors (Lipinski definition) is 3. The van der Waals surface area contributed by atoms with Crippen LogP contribution < -0.4 is 5.32 Å². The molecule has 3 nitrogen and oxygen atoms in total. The molecule has 0 aromatic heterocycles. The maximum atomic E-state index is 5.65. The molecule has 88 valence electrons. The van der Waals surface area contributed by atoms with Crippen molar-refractivity contribution >= 4 is 0 Å². The van der Waals surface area contributed by atoms with Crippen molar-refractivity contribution in [2.75, 3.05) is 26.4 Å². The highest BCUT2D eigenvalue weighted by molar-refractivity contribution is 5.05. The lowest BCUT2D eigenvalue weighted by molar-refractivity contribution is 0.0953. The molecule has 1 heterocycles. The Balaban J connectivity index is 2.41. The van der Waals surface area contributed by atoms with Crippen molar-refractivity contribution in [1.82, 2.24) is 5.32 Å². The average molecular weight is 213 g/mol. The minimum atomic E-state index is 0.241. The van der Waals surface area contributed by atoms with Gasteiger partial charge in [-0.1, -0.05) is 6.92 Å². The second-order valence-electron chi connectivity index (χ2n) is 3.76. The Morgan fingerprint density at radius 1 is 1.53 bits per heavy atom. The molecule has 0 aromatic carbocycles. The molecule has 0 saturated heterocycles. The summed E-state index contributed by atoms with van der Waals surface area (Å²) in [5.41, 5.74) is 0. The van der Waals surface area contributed by atoms with Gasteiger partial charge < -0.3 is 14.8 Å². The maximum absolute atomic E-state index is 5.65. The van der Waals surface area contributed by atoms with Gasteiger partial charge in [-0.2, -0.15) is 0 Å². The molecule has 1 unspecified atom stereocenters. The monoisotopic (exact) mass is 213 g/mol. The van der Waals surface area contributed by atoms with E-state index in [0.717, 1.165) is 44.8 Å². The summed E-state index contributed by atoms with van der Waals surface area (Å²) in [7, 11) is 0. The summed E-state index contributed by atoms with van der Waals surface area (Å²) in [5, 5.41) is 3.46. The van der Waals surface area contributed by atoms with Crippen molar-refractivity contribution in [1.29, 1.82) is 0 Å². The first-order chi connectivity index (χ1) is 7.38. The highest BCUT2D eigenvalue weighted by Gasteiger charge is 2.16. The fraction of sp³-hybridized carbons (Fsp3) is 0.833. The summed E-state index contributed by atoms with van der Waals surface area (Å²) in [6.45, 7) is 7.52. The topological polar surface area (TPSA) is 30.5 Å². The minimum Gasteiger partial charge on any atom is -0.497 e. The molecule has 0 radical (unpaired) electrons. The van der Waals surface area contributed by atoms with Gasteiger partial charge in [0.1, 0.15) is 5.76 Å². The molecule has 0 saturated carbocycles. The van der Waals surface area contributed by atoms with Gasteiger partial charge >= 0.3 is 0 Å². The van der Waals surface area contributed by atoms with E-state index in [9.17, 15) is 0 Å². The molecule has 1 aliphatic rings. The first kappa shape index (κ1) is 12.5. The molecule has 3 heteroatoms.